The Bertz CT molecular complexity index is 1260. The summed E-state index contributed by atoms with van der Waals surface area (Å²) in [5.41, 5.74) is 1.24. The monoisotopic (exact) mass is 469 g/mol. The van der Waals surface area contributed by atoms with Gasteiger partial charge in [-0.15, -0.1) is 0 Å². The minimum atomic E-state index is -4.19. The van der Waals surface area contributed by atoms with E-state index < -0.39 is 26.8 Å². The van der Waals surface area contributed by atoms with Crippen LogP contribution in [-0.2, 0) is 26.8 Å². The molecule has 1 unspecified atom stereocenters. The lowest BCUT2D eigenvalue weighted by Crippen LogP contribution is -2.50. The Morgan fingerprint density at radius 3 is 2.19 bits per heavy atom. The molecule has 1 aliphatic rings. The second-order valence-corrected chi connectivity index (χ2v) is 10.2. The Balaban J connectivity index is 2.00. The van der Waals surface area contributed by atoms with Crippen molar-refractivity contribution in [1.82, 2.24) is 23.4 Å². The third-order valence-electron chi connectivity index (χ3n) is 4.83. The van der Waals surface area contributed by atoms with Crippen molar-refractivity contribution in [3.8, 4) is 0 Å². The van der Waals surface area contributed by atoms with E-state index in [-0.39, 0.29) is 18.0 Å². The van der Waals surface area contributed by atoms with Gasteiger partial charge in [-0.05, 0) is 28.5 Å². The normalized spacial score (nSPS) is 17.2. The number of hydrogen-bond donors (Lipinski definition) is 4. The first-order valence-electron chi connectivity index (χ1n) is 9.12. The second-order valence-electron chi connectivity index (χ2n) is 6.66. The summed E-state index contributed by atoms with van der Waals surface area (Å²) >= 11 is 0. The van der Waals surface area contributed by atoms with Crippen LogP contribution >= 0.6 is 0 Å². The van der Waals surface area contributed by atoms with E-state index in [0.29, 0.717) is 19.7 Å². The lowest BCUT2D eigenvalue weighted by molar-refractivity contribution is 0.0267. The molecule has 0 aliphatic carbocycles. The molecule has 11 nitrogen and oxygen atoms in total. The number of nitrogens with one attached hydrogen (secondary N) is 3. The summed E-state index contributed by atoms with van der Waals surface area (Å²) in [4.78, 5) is 11.8. The first-order chi connectivity index (χ1) is 14.5. The van der Waals surface area contributed by atoms with Gasteiger partial charge in [0.1, 0.15) is 0 Å². The third kappa shape index (κ3) is 4.36. The quantitative estimate of drug-likeness (QED) is 0.426. The summed E-state index contributed by atoms with van der Waals surface area (Å²) in [5.74, 6) is -0.213. The summed E-state index contributed by atoms with van der Waals surface area (Å²) in [6, 6.07) is 10.5. The lowest BCUT2D eigenvalue weighted by atomic mass is 10.0. The molecule has 1 heterocycles. The van der Waals surface area contributed by atoms with Crippen LogP contribution in [0.4, 0.5) is 0 Å². The molecule has 1 aliphatic heterocycles. The zero-order valence-corrected chi connectivity index (χ0v) is 18.7. The van der Waals surface area contributed by atoms with Crippen molar-refractivity contribution < 1.29 is 26.7 Å². The number of rotatable bonds is 7. The molecule has 0 saturated carbocycles. The zero-order valence-electron chi connectivity index (χ0n) is 17.0. The van der Waals surface area contributed by atoms with Crippen molar-refractivity contribution >= 4 is 37.1 Å². The summed E-state index contributed by atoms with van der Waals surface area (Å²) in [6.07, 6.45) is -0.869. The van der Waals surface area contributed by atoms with Crippen molar-refractivity contribution in [2.45, 2.75) is 12.8 Å². The number of benzene rings is 2. The standard InChI is InChI=1S/C18H23N5O6S2/c1-19-17(24)15-7-6-13-8-12(4-5-14(13)10-15)9-16-11-22(30(26,27)20-2)18(25)23(16)31(28,29)21-3/h4-8,10-11,18,20-21,25H,9H2,1-3H3,(H,19,24). The van der Waals surface area contributed by atoms with Crippen LogP contribution in [0.3, 0.4) is 0 Å². The Morgan fingerprint density at radius 1 is 0.968 bits per heavy atom. The fourth-order valence-electron chi connectivity index (χ4n) is 3.22. The first-order valence-corrected chi connectivity index (χ1v) is 12.0. The Labute approximate surface area is 180 Å². The van der Waals surface area contributed by atoms with Crippen molar-refractivity contribution in [3.05, 3.63) is 59.4 Å². The Kier molecular flexibility index (Phi) is 6.25. The van der Waals surface area contributed by atoms with Gasteiger partial charge in [-0.2, -0.15) is 16.8 Å². The highest BCUT2D eigenvalue weighted by atomic mass is 32.2. The van der Waals surface area contributed by atoms with Crippen LogP contribution in [0.2, 0.25) is 0 Å². The maximum atomic E-state index is 12.4. The van der Waals surface area contributed by atoms with E-state index in [4.69, 9.17) is 0 Å². The van der Waals surface area contributed by atoms with Gasteiger partial charge in [0.05, 0.1) is 5.70 Å². The average molecular weight is 470 g/mol. The van der Waals surface area contributed by atoms with Crippen molar-refractivity contribution in [1.29, 1.82) is 0 Å². The summed E-state index contributed by atoms with van der Waals surface area (Å²) in [5, 5.41) is 14.6. The molecule has 2 aromatic rings. The topological polar surface area (TPSA) is 148 Å². The van der Waals surface area contributed by atoms with Crippen LogP contribution in [0.25, 0.3) is 10.8 Å². The van der Waals surface area contributed by atoms with Crippen LogP contribution < -0.4 is 14.8 Å². The molecule has 31 heavy (non-hydrogen) atoms. The van der Waals surface area contributed by atoms with Gasteiger partial charge in [-0.3, -0.25) is 4.79 Å². The highest BCUT2D eigenvalue weighted by Crippen LogP contribution is 2.29. The zero-order chi connectivity index (χ0) is 23.0. The lowest BCUT2D eigenvalue weighted by Gasteiger charge is -2.28. The SMILES string of the molecule is CNC(=O)c1ccc2cc(CC3=CN(S(=O)(=O)NC)C(O)N3S(=O)(=O)NC)ccc2c1. The van der Waals surface area contributed by atoms with Crippen LogP contribution in [0.15, 0.2) is 48.3 Å². The van der Waals surface area contributed by atoms with Crippen LogP contribution in [-0.4, -0.2) is 64.0 Å². The summed E-state index contributed by atoms with van der Waals surface area (Å²) < 4.78 is 54.6. The number of carbonyl (C=O) groups is 1. The molecule has 1 amide bonds. The maximum absolute atomic E-state index is 12.4. The van der Waals surface area contributed by atoms with E-state index in [1.54, 1.807) is 43.4 Å². The van der Waals surface area contributed by atoms with Gasteiger partial charge < -0.3 is 10.4 Å². The molecule has 13 heteroatoms. The Hall–Kier alpha value is -2.71. The fraction of sp³-hybridized carbons (Fsp3) is 0.278. The Morgan fingerprint density at radius 2 is 1.58 bits per heavy atom. The van der Waals surface area contributed by atoms with E-state index >= 15 is 0 Å². The smallest absolute Gasteiger partial charge is 0.304 e. The minimum Gasteiger partial charge on any atom is -0.355 e. The van der Waals surface area contributed by atoms with Crippen LogP contribution in [0, 0.1) is 0 Å². The van der Waals surface area contributed by atoms with Gasteiger partial charge in [0.15, 0.2) is 0 Å². The van der Waals surface area contributed by atoms with Gasteiger partial charge in [0, 0.05) is 39.3 Å². The molecule has 1 atom stereocenters. The largest absolute Gasteiger partial charge is 0.355 e. The molecule has 2 aromatic carbocycles. The molecule has 3 rings (SSSR count). The molecular weight excluding hydrogens is 446 g/mol. The van der Waals surface area contributed by atoms with E-state index in [9.17, 15) is 26.7 Å². The molecule has 168 valence electrons. The van der Waals surface area contributed by atoms with Gasteiger partial charge in [0.2, 0.25) is 6.35 Å². The number of aliphatic hydroxyl groups is 1. The number of allylic oxidation sites excluding steroid dienone is 1. The van der Waals surface area contributed by atoms with E-state index in [2.05, 4.69) is 14.8 Å². The van der Waals surface area contributed by atoms with Crippen LogP contribution in [0.5, 0.6) is 0 Å². The van der Waals surface area contributed by atoms with Gasteiger partial charge in [0.25, 0.3) is 5.91 Å². The van der Waals surface area contributed by atoms with Crippen molar-refractivity contribution in [2.75, 3.05) is 21.1 Å². The number of hydrogen-bond acceptors (Lipinski definition) is 6. The van der Waals surface area contributed by atoms with Gasteiger partial charge in [-0.1, -0.05) is 24.3 Å². The summed E-state index contributed by atoms with van der Waals surface area (Å²) in [6.45, 7) is 0. The predicted molar refractivity (Wildman–Crippen MR) is 115 cm³/mol. The molecule has 0 saturated heterocycles. The molecule has 0 spiro atoms. The third-order valence-corrected chi connectivity index (χ3v) is 7.65. The predicted octanol–water partition coefficient (Wildman–Crippen LogP) is -0.595. The number of amides is 1. The molecule has 0 fully saturated rings. The maximum Gasteiger partial charge on any atom is 0.304 e. The first kappa shape index (κ1) is 23.0. The van der Waals surface area contributed by atoms with E-state index in [0.717, 1.165) is 31.1 Å². The van der Waals surface area contributed by atoms with Crippen molar-refractivity contribution in [3.63, 3.8) is 0 Å². The average Bonchev–Trinajstić information content (AvgIpc) is 3.09. The number of nitrogens with zero attached hydrogens (tertiary/aromatic N) is 2. The number of fused-ring (bicyclic) bond motifs is 1. The van der Waals surface area contributed by atoms with Gasteiger partial charge >= 0.3 is 20.4 Å². The molecule has 0 bridgehead atoms. The number of aliphatic hydroxyl groups excluding tert-OH is 1. The minimum absolute atomic E-state index is 0.0286. The molecular formula is C18H23N5O6S2. The molecule has 4 N–H and O–H groups in total. The molecule has 0 radical (unpaired) electrons. The second kappa shape index (κ2) is 8.43. The van der Waals surface area contributed by atoms with Gasteiger partial charge in [-0.25, -0.2) is 18.1 Å². The van der Waals surface area contributed by atoms with Crippen LogP contribution in [0.1, 0.15) is 15.9 Å². The van der Waals surface area contributed by atoms with Crippen molar-refractivity contribution in [2.24, 2.45) is 0 Å². The molecule has 0 aromatic heterocycles. The highest BCUT2D eigenvalue weighted by molar-refractivity contribution is 7.88. The summed E-state index contributed by atoms with van der Waals surface area (Å²) in [7, 11) is -4.47. The number of carbonyl (C=O) groups excluding carboxylic acids is 1. The van der Waals surface area contributed by atoms with E-state index in [1.807, 2.05) is 0 Å². The highest BCUT2D eigenvalue weighted by Gasteiger charge is 2.42. The van der Waals surface area contributed by atoms with E-state index in [1.165, 1.54) is 0 Å². The fourth-order valence-corrected chi connectivity index (χ4v) is 5.06.